The molecule has 13 heavy (non-hydrogen) atoms. The first-order valence-electron chi connectivity index (χ1n) is 3.76. The molecule has 0 saturated carbocycles. The molecular formula is C9H8ClFO2. The van der Waals surface area contributed by atoms with Crippen molar-refractivity contribution in [3.63, 3.8) is 0 Å². The number of aldehydes is 1. The summed E-state index contributed by atoms with van der Waals surface area (Å²) in [6.45, 7) is 0.167. The molecule has 0 N–H and O–H groups in total. The molecule has 1 aromatic rings. The Bertz CT molecular complexity index is 302. The van der Waals surface area contributed by atoms with Crippen molar-refractivity contribution in [2.45, 2.75) is 6.42 Å². The third-order valence-electron chi connectivity index (χ3n) is 1.41. The van der Waals surface area contributed by atoms with Gasteiger partial charge in [-0.15, -0.1) is 0 Å². The summed E-state index contributed by atoms with van der Waals surface area (Å²) in [7, 11) is 0. The minimum absolute atomic E-state index is 0.0172. The minimum Gasteiger partial charge on any atom is -0.490 e. The summed E-state index contributed by atoms with van der Waals surface area (Å²) in [5, 5.41) is 0.0172. The van der Waals surface area contributed by atoms with Crippen molar-refractivity contribution >= 4 is 17.9 Å². The van der Waals surface area contributed by atoms with Gasteiger partial charge in [0.25, 0.3) is 0 Å². The first-order chi connectivity index (χ1) is 6.25. The molecule has 0 unspecified atom stereocenters. The van der Waals surface area contributed by atoms with Crippen LogP contribution in [0.15, 0.2) is 18.2 Å². The Kier molecular flexibility index (Phi) is 3.71. The number of carbonyl (C=O) groups excluding carboxylic acids is 1. The Morgan fingerprint density at radius 2 is 2.31 bits per heavy atom. The molecule has 4 heteroatoms. The molecule has 0 aliphatic rings. The normalized spacial score (nSPS) is 9.69. The van der Waals surface area contributed by atoms with Crippen LogP contribution in [0.5, 0.6) is 5.75 Å². The monoisotopic (exact) mass is 202 g/mol. The number of hydrogen-bond acceptors (Lipinski definition) is 2. The van der Waals surface area contributed by atoms with E-state index in [0.717, 1.165) is 0 Å². The van der Waals surface area contributed by atoms with Gasteiger partial charge in [0.05, 0.1) is 11.6 Å². The van der Waals surface area contributed by atoms with Crippen LogP contribution in [0.3, 0.4) is 0 Å². The third kappa shape index (κ3) is 2.70. The fourth-order valence-corrected chi connectivity index (χ4v) is 0.978. The van der Waals surface area contributed by atoms with Gasteiger partial charge in [-0.05, 0) is 12.1 Å². The van der Waals surface area contributed by atoms with Crippen molar-refractivity contribution in [3.05, 3.63) is 29.0 Å². The average Bonchev–Trinajstić information content (AvgIpc) is 2.13. The average molecular weight is 203 g/mol. The summed E-state index contributed by atoms with van der Waals surface area (Å²) < 4.78 is 18.1. The largest absolute Gasteiger partial charge is 0.490 e. The van der Waals surface area contributed by atoms with E-state index >= 15 is 0 Å². The summed E-state index contributed by atoms with van der Waals surface area (Å²) in [5.41, 5.74) is 0. The van der Waals surface area contributed by atoms with Crippen molar-refractivity contribution in [1.82, 2.24) is 0 Å². The molecule has 0 amide bonds. The van der Waals surface area contributed by atoms with Gasteiger partial charge in [-0.25, -0.2) is 4.39 Å². The second kappa shape index (κ2) is 4.82. The highest BCUT2D eigenvalue weighted by Crippen LogP contribution is 2.23. The maximum atomic E-state index is 13.1. The lowest BCUT2D eigenvalue weighted by Gasteiger charge is -2.05. The first kappa shape index (κ1) is 9.99. The molecule has 0 heterocycles. The van der Waals surface area contributed by atoms with Crippen LogP contribution >= 0.6 is 11.6 Å². The molecule has 0 radical (unpaired) electrons. The Morgan fingerprint density at radius 1 is 1.54 bits per heavy atom. The lowest BCUT2D eigenvalue weighted by molar-refractivity contribution is -0.108. The highest BCUT2D eigenvalue weighted by atomic mass is 35.5. The van der Waals surface area contributed by atoms with E-state index in [1.54, 1.807) is 6.07 Å². The Hall–Kier alpha value is -1.09. The van der Waals surface area contributed by atoms with Gasteiger partial charge in [0.1, 0.15) is 6.29 Å². The van der Waals surface area contributed by atoms with E-state index < -0.39 is 5.82 Å². The van der Waals surface area contributed by atoms with E-state index in [1.165, 1.54) is 12.1 Å². The van der Waals surface area contributed by atoms with Crippen LogP contribution in [-0.4, -0.2) is 12.9 Å². The smallest absolute Gasteiger partial charge is 0.183 e. The molecule has 1 aromatic carbocycles. The molecule has 0 aromatic heterocycles. The molecule has 0 spiro atoms. The highest BCUT2D eigenvalue weighted by molar-refractivity contribution is 6.30. The van der Waals surface area contributed by atoms with Crippen LogP contribution in [0.2, 0.25) is 5.02 Å². The maximum Gasteiger partial charge on any atom is 0.183 e. The van der Waals surface area contributed by atoms with Gasteiger partial charge in [-0.1, -0.05) is 17.7 Å². The Labute approximate surface area is 80.3 Å². The van der Waals surface area contributed by atoms with E-state index in [-0.39, 0.29) is 23.8 Å². The van der Waals surface area contributed by atoms with Crippen LogP contribution in [0.25, 0.3) is 0 Å². The summed E-state index contributed by atoms with van der Waals surface area (Å²) in [6, 6.07) is 4.48. The minimum atomic E-state index is -0.588. The molecule has 70 valence electrons. The first-order valence-corrected chi connectivity index (χ1v) is 4.14. The second-order valence-corrected chi connectivity index (χ2v) is 2.76. The number of benzene rings is 1. The van der Waals surface area contributed by atoms with Crippen molar-refractivity contribution in [2.75, 3.05) is 6.61 Å². The van der Waals surface area contributed by atoms with Crippen molar-refractivity contribution in [1.29, 1.82) is 0 Å². The quantitative estimate of drug-likeness (QED) is 0.554. The van der Waals surface area contributed by atoms with Gasteiger partial charge in [-0.3, -0.25) is 0 Å². The van der Waals surface area contributed by atoms with Crippen LogP contribution in [0.4, 0.5) is 4.39 Å². The van der Waals surface area contributed by atoms with E-state index in [9.17, 15) is 9.18 Å². The molecule has 0 aliphatic heterocycles. The fourth-order valence-electron chi connectivity index (χ4n) is 0.812. The number of carbonyl (C=O) groups is 1. The second-order valence-electron chi connectivity index (χ2n) is 2.36. The van der Waals surface area contributed by atoms with Gasteiger partial charge >= 0.3 is 0 Å². The molecule has 2 nitrogen and oxygen atoms in total. The Morgan fingerprint density at radius 3 is 3.00 bits per heavy atom. The number of hydrogen-bond donors (Lipinski definition) is 0. The summed E-state index contributed by atoms with van der Waals surface area (Å²) in [4.78, 5) is 9.95. The van der Waals surface area contributed by atoms with Crippen LogP contribution < -0.4 is 4.74 Å². The van der Waals surface area contributed by atoms with Gasteiger partial charge in [0.15, 0.2) is 11.6 Å². The molecule has 0 bridgehead atoms. The van der Waals surface area contributed by atoms with Crippen molar-refractivity contribution in [3.8, 4) is 5.75 Å². The lowest BCUT2D eigenvalue weighted by atomic mass is 10.3. The number of rotatable bonds is 4. The van der Waals surface area contributed by atoms with E-state index in [4.69, 9.17) is 16.3 Å². The summed E-state index contributed by atoms with van der Waals surface area (Å²) in [5.74, 6) is -0.510. The molecule has 1 rings (SSSR count). The maximum absolute atomic E-state index is 13.1. The number of halogens is 2. The zero-order valence-electron chi connectivity index (χ0n) is 6.80. The van der Waals surface area contributed by atoms with E-state index in [0.29, 0.717) is 6.29 Å². The number of ether oxygens (including phenoxy) is 1. The van der Waals surface area contributed by atoms with Gasteiger partial charge in [-0.2, -0.15) is 0 Å². The molecule has 0 atom stereocenters. The molecule has 0 saturated heterocycles. The van der Waals surface area contributed by atoms with Crippen molar-refractivity contribution < 1.29 is 13.9 Å². The van der Waals surface area contributed by atoms with Crippen molar-refractivity contribution in [2.24, 2.45) is 0 Å². The van der Waals surface area contributed by atoms with E-state index in [1.807, 2.05) is 0 Å². The predicted molar refractivity (Wildman–Crippen MR) is 47.6 cm³/mol. The molecular weight excluding hydrogens is 195 g/mol. The van der Waals surface area contributed by atoms with E-state index in [2.05, 4.69) is 0 Å². The SMILES string of the molecule is O=CCCOc1cccc(Cl)c1F. The fraction of sp³-hybridized carbons (Fsp3) is 0.222. The van der Waals surface area contributed by atoms with Crippen LogP contribution in [0.1, 0.15) is 6.42 Å². The van der Waals surface area contributed by atoms with Crippen LogP contribution in [0, 0.1) is 5.82 Å². The zero-order chi connectivity index (χ0) is 9.68. The van der Waals surface area contributed by atoms with Crippen LogP contribution in [-0.2, 0) is 4.79 Å². The molecule has 0 fully saturated rings. The standard InChI is InChI=1S/C9H8ClFO2/c10-7-3-1-4-8(9(7)11)13-6-2-5-12/h1,3-5H,2,6H2. The van der Waals surface area contributed by atoms with Gasteiger partial charge < -0.3 is 9.53 Å². The predicted octanol–water partition coefficient (Wildman–Crippen LogP) is 2.45. The van der Waals surface area contributed by atoms with Gasteiger partial charge in [0.2, 0.25) is 0 Å². The Balaban J connectivity index is 2.65. The van der Waals surface area contributed by atoms with Gasteiger partial charge in [0, 0.05) is 6.42 Å². The molecule has 0 aliphatic carbocycles. The summed E-state index contributed by atoms with van der Waals surface area (Å²) >= 11 is 5.50. The summed E-state index contributed by atoms with van der Waals surface area (Å²) in [6.07, 6.45) is 0.953. The third-order valence-corrected chi connectivity index (χ3v) is 1.70. The zero-order valence-corrected chi connectivity index (χ0v) is 7.55. The lowest BCUT2D eigenvalue weighted by Crippen LogP contribution is -1.99. The topological polar surface area (TPSA) is 26.3 Å². The highest BCUT2D eigenvalue weighted by Gasteiger charge is 2.06.